The molecule has 1 saturated heterocycles. The van der Waals surface area contributed by atoms with Gasteiger partial charge in [0.15, 0.2) is 0 Å². The van der Waals surface area contributed by atoms with Gasteiger partial charge in [-0.25, -0.2) is 4.98 Å². The van der Waals surface area contributed by atoms with Crippen molar-refractivity contribution < 1.29 is 4.42 Å². The molecule has 1 aliphatic heterocycles. The largest absolute Gasteiger partial charge is 0.425 e. The highest BCUT2D eigenvalue weighted by molar-refractivity contribution is 5.43. The van der Waals surface area contributed by atoms with Crippen molar-refractivity contribution in [3.8, 4) is 0 Å². The second-order valence-corrected chi connectivity index (χ2v) is 7.10. The average molecular weight is 342 g/mol. The van der Waals surface area contributed by atoms with Gasteiger partial charge in [-0.05, 0) is 44.1 Å². The van der Waals surface area contributed by atoms with E-state index in [1.807, 2.05) is 19.2 Å². The fraction of sp³-hybridized carbons (Fsp3) is 0.667. The monoisotopic (exact) mass is 342 g/mol. The van der Waals surface area contributed by atoms with E-state index in [0.717, 1.165) is 62.3 Å². The molecule has 2 aromatic heterocycles. The molecule has 1 saturated carbocycles. The topological polar surface area (TPSA) is 80.0 Å². The third-order valence-corrected chi connectivity index (χ3v) is 5.22. The van der Waals surface area contributed by atoms with Crippen molar-refractivity contribution in [3.63, 3.8) is 0 Å². The molecule has 1 N–H and O–H groups in total. The van der Waals surface area contributed by atoms with E-state index >= 15 is 0 Å². The quantitative estimate of drug-likeness (QED) is 0.864. The molecule has 4 rings (SSSR count). The van der Waals surface area contributed by atoms with Crippen LogP contribution in [0.15, 0.2) is 16.7 Å². The lowest BCUT2D eigenvalue weighted by Gasteiger charge is -2.18. The standard InChI is InChI=1S/C18H26N6O/c1-2-16-22-23-17(25-16)12-13-5-6-14(11-13)20-18-19-8-7-15(21-18)24-9-3-4-10-24/h7-8,13-14H,2-6,9-12H2,1H3,(H,19,20,21)/t13-,14+/m1/s1. The van der Waals surface area contributed by atoms with Crippen molar-refractivity contribution >= 4 is 11.8 Å². The first-order chi connectivity index (χ1) is 12.3. The van der Waals surface area contributed by atoms with Crippen LogP contribution >= 0.6 is 0 Å². The maximum absolute atomic E-state index is 5.65. The van der Waals surface area contributed by atoms with E-state index in [0.29, 0.717) is 12.0 Å². The summed E-state index contributed by atoms with van der Waals surface area (Å²) in [6.45, 7) is 4.24. The summed E-state index contributed by atoms with van der Waals surface area (Å²) in [5.74, 6) is 3.89. The van der Waals surface area contributed by atoms with Crippen LogP contribution in [0.1, 0.15) is 50.8 Å². The van der Waals surface area contributed by atoms with E-state index in [9.17, 15) is 0 Å². The second kappa shape index (κ2) is 7.37. The van der Waals surface area contributed by atoms with Crippen molar-refractivity contribution in [2.75, 3.05) is 23.3 Å². The Bertz CT molecular complexity index is 696. The third kappa shape index (κ3) is 3.91. The fourth-order valence-corrected chi connectivity index (χ4v) is 3.88. The summed E-state index contributed by atoms with van der Waals surface area (Å²) in [7, 11) is 0. The lowest BCUT2D eigenvalue weighted by Crippen LogP contribution is -2.22. The Labute approximate surface area is 148 Å². The molecule has 2 aromatic rings. The van der Waals surface area contributed by atoms with Gasteiger partial charge in [-0.3, -0.25) is 0 Å². The van der Waals surface area contributed by atoms with Crippen molar-refractivity contribution in [3.05, 3.63) is 24.0 Å². The molecule has 0 aromatic carbocycles. The summed E-state index contributed by atoms with van der Waals surface area (Å²) < 4.78 is 5.65. The SMILES string of the molecule is CCc1nnc(C[C@@H]2CC[C@H](Nc3nccc(N4CCCC4)n3)C2)o1. The zero-order valence-corrected chi connectivity index (χ0v) is 14.8. The number of aromatic nitrogens is 4. The van der Waals surface area contributed by atoms with Gasteiger partial charge in [0.05, 0.1) is 0 Å². The molecule has 7 nitrogen and oxygen atoms in total. The van der Waals surface area contributed by atoms with Crippen LogP contribution in [0, 0.1) is 5.92 Å². The van der Waals surface area contributed by atoms with Crippen LogP contribution in [0.25, 0.3) is 0 Å². The van der Waals surface area contributed by atoms with E-state index in [1.54, 1.807) is 0 Å². The summed E-state index contributed by atoms with van der Waals surface area (Å²) in [4.78, 5) is 11.5. The predicted molar refractivity (Wildman–Crippen MR) is 95.6 cm³/mol. The minimum Gasteiger partial charge on any atom is -0.425 e. The van der Waals surface area contributed by atoms with Gasteiger partial charge in [0.2, 0.25) is 17.7 Å². The number of nitrogens with zero attached hydrogens (tertiary/aromatic N) is 5. The van der Waals surface area contributed by atoms with Crippen LogP contribution in [-0.4, -0.2) is 39.3 Å². The summed E-state index contributed by atoms with van der Waals surface area (Å²) in [6, 6.07) is 2.43. The first kappa shape index (κ1) is 16.3. The van der Waals surface area contributed by atoms with Crippen LogP contribution in [0.5, 0.6) is 0 Å². The number of hydrogen-bond donors (Lipinski definition) is 1. The summed E-state index contributed by atoms with van der Waals surface area (Å²) in [5.41, 5.74) is 0. The van der Waals surface area contributed by atoms with Gasteiger partial charge in [0.25, 0.3) is 0 Å². The van der Waals surface area contributed by atoms with Crippen LogP contribution in [0.4, 0.5) is 11.8 Å². The van der Waals surface area contributed by atoms with Crippen LogP contribution in [-0.2, 0) is 12.8 Å². The highest BCUT2D eigenvalue weighted by atomic mass is 16.4. The molecule has 0 unspecified atom stereocenters. The highest BCUT2D eigenvalue weighted by Gasteiger charge is 2.27. The molecule has 0 radical (unpaired) electrons. The molecule has 2 fully saturated rings. The fourth-order valence-electron chi connectivity index (χ4n) is 3.88. The van der Waals surface area contributed by atoms with E-state index in [1.165, 1.54) is 19.3 Å². The molecular formula is C18H26N6O. The van der Waals surface area contributed by atoms with Gasteiger partial charge in [-0.15, -0.1) is 10.2 Å². The maximum atomic E-state index is 5.65. The lowest BCUT2D eigenvalue weighted by molar-refractivity contribution is 0.409. The van der Waals surface area contributed by atoms with Crippen molar-refractivity contribution in [2.45, 2.75) is 57.9 Å². The molecular weight excluding hydrogens is 316 g/mol. The van der Waals surface area contributed by atoms with Crippen LogP contribution in [0.2, 0.25) is 0 Å². The van der Waals surface area contributed by atoms with Crippen molar-refractivity contribution in [1.82, 2.24) is 20.2 Å². The van der Waals surface area contributed by atoms with E-state index in [-0.39, 0.29) is 0 Å². The summed E-state index contributed by atoms with van der Waals surface area (Å²) in [6.07, 6.45) is 9.46. The molecule has 2 atom stereocenters. The zero-order valence-electron chi connectivity index (χ0n) is 14.8. The Morgan fingerprint density at radius 1 is 1.20 bits per heavy atom. The maximum Gasteiger partial charge on any atom is 0.224 e. The summed E-state index contributed by atoms with van der Waals surface area (Å²) in [5, 5.41) is 11.7. The van der Waals surface area contributed by atoms with Gasteiger partial charge in [0.1, 0.15) is 5.82 Å². The van der Waals surface area contributed by atoms with Gasteiger partial charge in [-0.1, -0.05) is 6.92 Å². The summed E-state index contributed by atoms with van der Waals surface area (Å²) >= 11 is 0. The van der Waals surface area contributed by atoms with Gasteiger partial charge in [-0.2, -0.15) is 4.98 Å². The molecule has 0 amide bonds. The number of nitrogens with one attached hydrogen (secondary N) is 1. The number of aryl methyl sites for hydroxylation is 1. The second-order valence-electron chi connectivity index (χ2n) is 7.10. The molecule has 3 heterocycles. The molecule has 25 heavy (non-hydrogen) atoms. The highest BCUT2D eigenvalue weighted by Crippen LogP contribution is 2.30. The lowest BCUT2D eigenvalue weighted by atomic mass is 10.0. The smallest absolute Gasteiger partial charge is 0.224 e. The molecule has 1 aliphatic carbocycles. The number of hydrogen-bond acceptors (Lipinski definition) is 7. The predicted octanol–water partition coefficient (Wildman–Crippen LogP) is 2.85. The molecule has 2 aliphatic rings. The van der Waals surface area contributed by atoms with Crippen LogP contribution in [0.3, 0.4) is 0 Å². The van der Waals surface area contributed by atoms with E-state index < -0.39 is 0 Å². The Balaban J connectivity index is 1.32. The van der Waals surface area contributed by atoms with Gasteiger partial charge < -0.3 is 14.6 Å². The van der Waals surface area contributed by atoms with Crippen LogP contribution < -0.4 is 10.2 Å². The molecule has 7 heteroatoms. The van der Waals surface area contributed by atoms with Gasteiger partial charge >= 0.3 is 0 Å². The Morgan fingerprint density at radius 2 is 2.04 bits per heavy atom. The number of rotatable bonds is 6. The number of anilines is 2. The minimum absolute atomic E-state index is 0.424. The Hall–Kier alpha value is -2.18. The normalized spacial score (nSPS) is 23.3. The first-order valence-electron chi connectivity index (χ1n) is 9.46. The third-order valence-electron chi connectivity index (χ3n) is 5.22. The first-order valence-corrected chi connectivity index (χ1v) is 9.46. The Kier molecular flexibility index (Phi) is 4.81. The zero-order chi connectivity index (χ0) is 17.1. The van der Waals surface area contributed by atoms with Crippen molar-refractivity contribution in [1.29, 1.82) is 0 Å². The van der Waals surface area contributed by atoms with E-state index in [2.05, 4.69) is 25.4 Å². The molecule has 0 spiro atoms. The Morgan fingerprint density at radius 3 is 2.84 bits per heavy atom. The van der Waals surface area contributed by atoms with E-state index in [4.69, 9.17) is 9.40 Å². The van der Waals surface area contributed by atoms with Gasteiger partial charge in [0, 0.05) is 38.2 Å². The molecule has 134 valence electrons. The molecule has 0 bridgehead atoms. The minimum atomic E-state index is 0.424. The average Bonchev–Trinajstić information content (AvgIpc) is 3.37. The van der Waals surface area contributed by atoms with Crippen molar-refractivity contribution in [2.24, 2.45) is 5.92 Å².